The SMILES string of the molecule is CC(c1ccccc1)n1c(C(=O)NCc2cccc(C(F)(F)F)c2)cc2sccc21. The van der Waals surface area contributed by atoms with Gasteiger partial charge in [0.2, 0.25) is 0 Å². The highest BCUT2D eigenvalue weighted by Crippen LogP contribution is 2.32. The molecular formula is C23H19F3N2OS. The number of thiophene rings is 1. The highest BCUT2D eigenvalue weighted by Gasteiger charge is 2.30. The molecule has 154 valence electrons. The Hall–Kier alpha value is -3.06. The number of alkyl halides is 3. The fraction of sp³-hybridized carbons (Fsp3) is 0.174. The Kier molecular flexibility index (Phi) is 5.39. The predicted molar refractivity (Wildman–Crippen MR) is 113 cm³/mol. The van der Waals surface area contributed by atoms with Crippen molar-refractivity contribution < 1.29 is 18.0 Å². The third-order valence-corrected chi connectivity index (χ3v) is 5.92. The molecule has 4 aromatic rings. The van der Waals surface area contributed by atoms with Crippen molar-refractivity contribution in [3.63, 3.8) is 0 Å². The van der Waals surface area contributed by atoms with Crippen molar-refractivity contribution in [3.8, 4) is 0 Å². The highest BCUT2D eigenvalue weighted by molar-refractivity contribution is 7.17. The Bertz CT molecular complexity index is 1180. The maximum atomic E-state index is 13.0. The summed E-state index contributed by atoms with van der Waals surface area (Å²) in [5.74, 6) is -0.321. The lowest BCUT2D eigenvalue weighted by atomic mass is 10.1. The number of carbonyl (C=O) groups excluding carboxylic acids is 1. The van der Waals surface area contributed by atoms with Gasteiger partial charge in [-0.3, -0.25) is 4.79 Å². The molecule has 30 heavy (non-hydrogen) atoms. The molecule has 0 bridgehead atoms. The van der Waals surface area contributed by atoms with E-state index in [0.717, 1.165) is 27.9 Å². The number of hydrogen-bond donors (Lipinski definition) is 1. The first kappa shape index (κ1) is 20.2. The molecule has 0 fully saturated rings. The van der Waals surface area contributed by atoms with E-state index in [1.54, 1.807) is 17.4 Å². The molecule has 2 heterocycles. The minimum absolute atomic E-state index is 0.0152. The van der Waals surface area contributed by atoms with Crippen LogP contribution in [-0.2, 0) is 12.7 Å². The summed E-state index contributed by atoms with van der Waals surface area (Å²) in [6.45, 7) is 2.04. The summed E-state index contributed by atoms with van der Waals surface area (Å²) in [7, 11) is 0. The van der Waals surface area contributed by atoms with E-state index >= 15 is 0 Å². The van der Waals surface area contributed by atoms with Gasteiger partial charge in [-0.15, -0.1) is 11.3 Å². The molecule has 1 N–H and O–H groups in total. The number of amides is 1. The molecule has 0 saturated carbocycles. The van der Waals surface area contributed by atoms with Gasteiger partial charge < -0.3 is 9.88 Å². The van der Waals surface area contributed by atoms with Crippen LogP contribution in [0.5, 0.6) is 0 Å². The molecule has 1 unspecified atom stereocenters. The second kappa shape index (κ2) is 7.99. The normalized spacial score (nSPS) is 12.8. The zero-order chi connectivity index (χ0) is 21.3. The Morgan fingerprint density at radius 2 is 1.83 bits per heavy atom. The van der Waals surface area contributed by atoms with E-state index in [9.17, 15) is 18.0 Å². The van der Waals surface area contributed by atoms with Gasteiger partial charge in [-0.2, -0.15) is 13.2 Å². The van der Waals surface area contributed by atoms with Gasteiger partial charge in [-0.1, -0.05) is 42.5 Å². The molecule has 0 spiro atoms. The average Bonchev–Trinajstić information content (AvgIpc) is 3.33. The molecule has 0 aliphatic rings. The first-order chi connectivity index (χ1) is 14.3. The summed E-state index contributed by atoms with van der Waals surface area (Å²) in [6.07, 6.45) is -4.41. The van der Waals surface area contributed by atoms with E-state index in [0.29, 0.717) is 11.3 Å². The van der Waals surface area contributed by atoms with E-state index in [1.807, 2.05) is 59.3 Å². The number of aromatic nitrogens is 1. The first-order valence-corrected chi connectivity index (χ1v) is 10.3. The van der Waals surface area contributed by atoms with Crippen molar-refractivity contribution in [2.45, 2.75) is 25.7 Å². The van der Waals surface area contributed by atoms with Crippen LogP contribution in [0.3, 0.4) is 0 Å². The Balaban J connectivity index is 1.61. The monoisotopic (exact) mass is 428 g/mol. The van der Waals surface area contributed by atoms with Crippen LogP contribution in [0, 0.1) is 0 Å². The summed E-state index contributed by atoms with van der Waals surface area (Å²) in [5.41, 5.74) is 2.18. The quantitative estimate of drug-likeness (QED) is 0.400. The number of nitrogens with zero attached hydrogens (tertiary/aromatic N) is 1. The number of benzene rings is 2. The topological polar surface area (TPSA) is 34.0 Å². The fourth-order valence-electron chi connectivity index (χ4n) is 3.55. The Labute approximate surface area is 175 Å². The molecule has 7 heteroatoms. The van der Waals surface area contributed by atoms with E-state index in [1.165, 1.54) is 6.07 Å². The largest absolute Gasteiger partial charge is 0.416 e. The number of carbonyl (C=O) groups is 1. The lowest BCUT2D eigenvalue weighted by molar-refractivity contribution is -0.137. The van der Waals surface area contributed by atoms with Crippen molar-refractivity contribution in [3.05, 3.63) is 94.5 Å². The van der Waals surface area contributed by atoms with Crippen LogP contribution in [0.25, 0.3) is 10.2 Å². The van der Waals surface area contributed by atoms with Gasteiger partial charge in [0.15, 0.2) is 0 Å². The smallest absolute Gasteiger partial charge is 0.347 e. The molecule has 1 amide bonds. The van der Waals surface area contributed by atoms with Gasteiger partial charge >= 0.3 is 6.18 Å². The van der Waals surface area contributed by atoms with Crippen molar-refractivity contribution >= 4 is 27.5 Å². The molecule has 0 saturated heterocycles. The van der Waals surface area contributed by atoms with Crippen molar-refractivity contribution in [1.82, 2.24) is 9.88 Å². The number of nitrogens with one attached hydrogen (secondary N) is 1. The summed E-state index contributed by atoms with van der Waals surface area (Å²) in [5, 5.41) is 4.74. The third kappa shape index (κ3) is 3.98. The van der Waals surface area contributed by atoms with Crippen LogP contribution >= 0.6 is 11.3 Å². The molecule has 0 aliphatic carbocycles. The second-order valence-corrected chi connectivity index (χ2v) is 7.98. The molecule has 1 atom stereocenters. The molecule has 0 radical (unpaired) electrons. The lowest BCUT2D eigenvalue weighted by Gasteiger charge is -2.19. The summed E-state index contributed by atoms with van der Waals surface area (Å²) in [6, 6.07) is 18.6. The average molecular weight is 428 g/mol. The summed E-state index contributed by atoms with van der Waals surface area (Å²) >= 11 is 1.55. The molecule has 0 aliphatic heterocycles. The van der Waals surface area contributed by atoms with Crippen molar-refractivity contribution in [2.24, 2.45) is 0 Å². The van der Waals surface area contributed by atoms with Crippen LogP contribution in [0.1, 0.15) is 40.1 Å². The van der Waals surface area contributed by atoms with E-state index in [-0.39, 0.29) is 18.5 Å². The zero-order valence-electron chi connectivity index (χ0n) is 16.1. The van der Waals surface area contributed by atoms with Crippen molar-refractivity contribution in [2.75, 3.05) is 0 Å². The van der Waals surface area contributed by atoms with Crippen LogP contribution in [-0.4, -0.2) is 10.5 Å². The number of rotatable bonds is 5. The fourth-order valence-corrected chi connectivity index (χ4v) is 4.36. The van der Waals surface area contributed by atoms with Gasteiger partial charge in [0.1, 0.15) is 5.69 Å². The van der Waals surface area contributed by atoms with Crippen LogP contribution in [0.4, 0.5) is 13.2 Å². The van der Waals surface area contributed by atoms with Crippen LogP contribution < -0.4 is 5.32 Å². The Morgan fingerprint density at radius 1 is 1.07 bits per heavy atom. The maximum Gasteiger partial charge on any atom is 0.416 e. The first-order valence-electron chi connectivity index (χ1n) is 9.42. The zero-order valence-corrected chi connectivity index (χ0v) is 16.9. The van der Waals surface area contributed by atoms with Crippen LogP contribution in [0.2, 0.25) is 0 Å². The van der Waals surface area contributed by atoms with Gasteiger partial charge in [0, 0.05) is 6.54 Å². The highest BCUT2D eigenvalue weighted by atomic mass is 32.1. The predicted octanol–water partition coefficient (Wildman–Crippen LogP) is 6.26. The lowest BCUT2D eigenvalue weighted by Crippen LogP contribution is -2.26. The minimum Gasteiger partial charge on any atom is -0.347 e. The maximum absolute atomic E-state index is 13.0. The van der Waals surface area contributed by atoms with Crippen LogP contribution in [0.15, 0.2) is 72.1 Å². The van der Waals surface area contributed by atoms with Gasteiger partial charge in [0.25, 0.3) is 5.91 Å². The summed E-state index contributed by atoms with van der Waals surface area (Å²) in [4.78, 5) is 13.0. The third-order valence-electron chi connectivity index (χ3n) is 5.07. The number of hydrogen-bond acceptors (Lipinski definition) is 2. The second-order valence-electron chi connectivity index (χ2n) is 7.04. The molecular weight excluding hydrogens is 409 g/mol. The minimum atomic E-state index is -4.41. The van der Waals surface area contributed by atoms with Crippen molar-refractivity contribution in [1.29, 1.82) is 0 Å². The number of halogens is 3. The Morgan fingerprint density at radius 3 is 2.57 bits per heavy atom. The molecule has 3 nitrogen and oxygen atoms in total. The number of fused-ring (bicyclic) bond motifs is 1. The standard InChI is InChI=1S/C23H19F3N2OS/c1-15(17-7-3-2-4-8-17)28-19-10-11-30-21(19)13-20(28)22(29)27-14-16-6-5-9-18(12-16)23(24,25)26/h2-13,15H,14H2,1H3,(H,27,29). The van der Waals surface area contributed by atoms with Gasteiger partial charge in [-0.25, -0.2) is 0 Å². The molecule has 4 rings (SSSR count). The molecule has 2 aromatic carbocycles. The summed E-state index contributed by atoms with van der Waals surface area (Å²) < 4.78 is 41.7. The van der Waals surface area contributed by atoms with Gasteiger partial charge in [0.05, 0.1) is 21.8 Å². The van der Waals surface area contributed by atoms with E-state index in [4.69, 9.17) is 0 Å². The van der Waals surface area contributed by atoms with Gasteiger partial charge in [-0.05, 0) is 47.7 Å². The molecule has 2 aromatic heterocycles. The van der Waals surface area contributed by atoms with E-state index in [2.05, 4.69) is 5.32 Å². The van der Waals surface area contributed by atoms with E-state index < -0.39 is 11.7 Å².